The first-order chi connectivity index (χ1) is 11.6. The van der Waals surface area contributed by atoms with Gasteiger partial charge in [-0.15, -0.1) is 0 Å². The Bertz CT molecular complexity index is 718. The van der Waals surface area contributed by atoms with Gasteiger partial charge in [0.2, 0.25) is 5.91 Å². The van der Waals surface area contributed by atoms with Gasteiger partial charge in [0.15, 0.2) is 6.10 Å². The molecule has 1 aromatic carbocycles. The van der Waals surface area contributed by atoms with E-state index in [0.29, 0.717) is 12.8 Å². The molecule has 1 aliphatic heterocycles. The van der Waals surface area contributed by atoms with Crippen molar-refractivity contribution >= 4 is 23.5 Å². The Morgan fingerprint density at radius 1 is 1.32 bits per heavy atom. The van der Waals surface area contributed by atoms with Gasteiger partial charge in [-0.3, -0.25) is 4.79 Å². The van der Waals surface area contributed by atoms with Crippen molar-refractivity contribution in [2.45, 2.75) is 30.5 Å². The minimum atomic E-state index is -4.54. The highest BCUT2D eigenvalue weighted by atomic mass is 35.5. The second-order valence-electron chi connectivity index (χ2n) is 6.22. The molecule has 1 aromatic rings. The molecule has 2 fully saturated rings. The number of nitrogens with zero attached hydrogens (tertiary/aromatic N) is 1. The van der Waals surface area contributed by atoms with E-state index in [2.05, 4.69) is 0 Å². The monoisotopic (exact) mass is 377 g/mol. The largest absolute Gasteiger partial charge is 0.479 e. The van der Waals surface area contributed by atoms with Gasteiger partial charge in [0.1, 0.15) is 0 Å². The van der Waals surface area contributed by atoms with Gasteiger partial charge >= 0.3 is 12.1 Å². The molecular weight excluding hydrogens is 363 g/mol. The summed E-state index contributed by atoms with van der Waals surface area (Å²) in [6, 6.07) is 2.94. The third-order valence-corrected chi connectivity index (χ3v) is 4.93. The van der Waals surface area contributed by atoms with Gasteiger partial charge in [-0.25, -0.2) is 4.79 Å². The number of ether oxygens (including phenoxy) is 1. The Morgan fingerprint density at radius 3 is 2.56 bits per heavy atom. The molecule has 0 bridgehead atoms. The normalized spacial score (nSPS) is 22.6. The quantitative estimate of drug-likeness (QED) is 0.879. The lowest BCUT2D eigenvalue weighted by Gasteiger charge is -2.34. The fraction of sp³-hybridized carbons (Fsp3) is 0.500. The van der Waals surface area contributed by atoms with E-state index in [1.54, 1.807) is 0 Å². The zero-order valence-electron chi connectivity index (χ0n) is 13.0. The summed E-state index contributed by atoms with van der Waals surface area (Å²) in [5.74, 6) is -1.58. The van der Waals surface area contributed by atoms with Gasteiger partial charge in [-0.1, -0.05) is 11.6 Å². The van der Waals surface area contributed by atoms with E-state index in [1.165, 1.54) is 4.90 Å². The molecule has 0 aromatic heterocycles. The van der Waals surface area contributed by atoms with Crippen molar-refractivity contribution in [2.75, 3.05) is 19.7 Å². The first-order valence-corrected chi connectivity index (χ1v) is 8.04. The number of carbonyl (C=O) groups excluding carboxylic acids is 1. The fourth-order valence-corrected chi connectivity index (χ4v) is 3.38. The second-order valence-corrected chi connectivity index (χ2v) is 6.63. The van der Waals surface area contributed by atoms with Crippen LogP contribution in [-0.2, 0) is 25.9 Å². The van der Waals surface area contributed by atoms with Gasteiger partial charge in [0.25, 0.3) is 0 Å². The average Bonchev–Trinajstić information content (AvgIpc) is 3.35. The highest BCUT2D eigenvalue weighted by Gasteiger charge is 2.55. The molecule has 5 nitrogen and oxygen atoms in total. The summed E-state index contributed by atoms with van der Waals surface area (Å²) in [5.41, 5.74) is -1.83. The standard InChI is InChI=1S/C16H15ClF3NO4/c17-11-2-1-9(16(18,19)20)7-10(11)15(3-4-15)14(24)21-5-6-25-12(8-21)13(22)23/h1-2,7,12H,3-6,8H2,(H,22,23). The van der Waals surface area contributed by atoms with Crippen LogP contribution in [-0.4, -0.2) is 47.7 Å². The SMILES string of the molecule is O=C(O)C1CN(C(=O)C2(c3cc(C(F)(F)F)ccc3Cl)CC2)CCO1. The number of morpholine rings is 1. The van der Waals surface area contributed by atoms with Crippen molar-refractivity contribution in [1.29, 1.82) is 0 Å². The predicted molar refractivity (Wildman–Crippen MR) is 81.3 cm³/mol. The first-order valence-electron chi connectivity index (χ1n) is 7.66. The summed E-state index contributed by atoms with van der Waals surface area (Å²) in [6.07, 6.45) is -4.92. The van der Waals surface area contributed by atoms with Crippen LogP contribution >= 0.6 is 11.6 Å². The molecule has 25 heavy (non-hydrogen) atoms. The number of rotatable bonds is 3. The van der Waals surface area contributed by atoms with E-state index in [0.717, 1.165) is 18.2 Å². The number of carboxylic acids is 1. The lowest BCUT2D eigenvalue weighted by atomic mass is 9.92. The summed E-state index contributed by atoms with van der Waals surface area (Å²) >= 11 is 6.08. The zero-order chi connectivity index (χ0) is 18.4. The third-order valence-electron chi connectivity index (χ3n) is 4.60. The molecule has 1 atom stereocenters. The van der Waals surface area contributed by atoms with Crippen molar-refractivity contribution in [3.63, 3.8) is 0 Å². The number of carboxylic acid groups (broad SMARTS) is 1. The summed E-state index contributed by atoms with van der Waals surface area (Å²) < 4.78 is 44.0. The molecule has 2 aliphatic rings. The number of halogens is 4. The van der Waals surface area contributed by atoms with Crippen LogP contribution < -0.4 is 0 Å². The lowest BCUT2D eigenvalue weighted by Crippen LogP contribution is -2.51. The maximum atomic E-state index is 13.0. The van der Waals surface area contributed by atoms with E-state index in [-0.39, 0.29) is 30.3 Å². The Labute approximate surface area is 146 Å². The Hall–Kier alpha value is -1.80. The maximum absolute atomic E-state index is 13.0. The summed E-state index contributed by atoms with van der Waals surface area (Å²) in [6.45, 7) is 0.128. The molecule has 1 saturated heterocycles. The Balaban J connectivity index is 1.89. The van der Waals surface area contributed by atoms with Gasteiger partial charge in [-0.2, -0.15) is 13.2 Å². The average molecular weight is 378 g/mol. The second kappa shape index (κ2) is 6.17. The van der Waals surface area contributed by atoms with Crippen LogP contribution in [0.2, 0.25) is 5.02 Å². The molecule has 3 rings (SSSR count). The van der Waals surface area contributed by atoms with Crippen LogP contribution in [0.3, 0.4) is 0 Å². The van der Waals surface area contributed by atoms with Crippen LogP contribution in [0.4, 0.5) is 13.2 Å². The molecule has 0 spiro atoms. The van der Waals surface area contributed by atoms with Crippen LogP contribution in [0.5, 0.6) is 0 Å². The van der Waals surface area contributed by atoms with E-state index < -0.39 is 35.1 Å². The maximum Gasteiger partial charge on any atom is 0.416 e. The number of hydrogen-bond acceptors (Lipinski definition) is 3. The lowest BCUT2D eigenvalue weighted by molar-refractivity contribution is -0.160. The molecule has 0 radical (unpaired) electrons. The van der Waals surface area contributed by atoms with Crippen molar-refractivity contribution < 1.29 is 32.6 Å². The number of benzene rings is 1. The van der Waals surface area contributed by atoms with E-state index in [1.807, 2.05) is 0 Å². The van der Waals surface area contributed by atoms with Crippen molar-refractivity contribution in [3.05, 3.63) is 34.3 Å². The first kappa shape index (κ1) is 18.0. The molecule has 9 heteroatoms. The predicted octanol–water partition coefficient (Wildman–Crippen LogP) is 2.70. The summed E-state index contributed by atoms with van der Waals surface area (Å²) in [5, 5.41) is 9.13. The molecule has 1 N–H and O–H groups in total. The Kier molecular flexibility index (Phi) is 4.45. The topological polar surface area (TPSA) is 66.8 Å². The minimum Gasteiger partial charge on any atom is -0.479 e. The molecule has 136 valence electrons. The number of hydrogen-bond donors (Lipinski definition) is 1. The number of alkyl halides is 3. The van der Waals surface area contributed by atoms with E-state index >= 15 is 0 Å². The molecule has 1 saturated carbocycles. The van der Waals surface area contributed by atoms with Crippen molar-refractivity contribution in [2.24, 2.45) is 0 Å². The third kappa shape index (κ3) is 3.32. The fourth-order valence-electron chi connectivity index (χ4n) is 3.08. The molecule has 1 unspecified atom stereocenters. The summed E-state index contributed by atoms with van der Waals surface area (Å²) in [7, 11) is 0. The van der Waals surface area contributed by atoms with Crippen LogP contribution in [0.25, 0.3) is 0 Å². The number of amides is 1. The van der Waals surface area contributed by atoms with E-state index in [9.17, 15) is 22.8 Å². The van der Waals surface area contributed by atoms with Gasteiger partial charge in [0, 0.05) is 11.6 Å². The molecular formula is C16H15ClF3NO4. The Morgan fingerprint density at radius 2 is 2.00 bits per heavy atom. The van der Waals surface area contributed by atoms with Gasteiger partial charge < -0.3 is 14.7 Å². The zero-order valence-corrected chi connectivity index (χ0v) is 13.7. The van der Waals surface area contributed by atoms with Crippen molar-refractivity contribution in [1.82, 2.24) is 4.90 Å². The minimum absolute atomic E-state index is 0.0646. The molecule has 1 amide bonds. The van der Waals surface area contributed by atoms with Gasteiger partial charge in [-0.05, 0) is 36.6 Å². The highest BCUT2D eigenvalue weighted by Crippen LogP contribution is 2.52. The summed E-state index contributed by atoms with van der Waals surface area (Å²) in [4.78, 5) is 25.3. The van der Waals surface area contributed by atoms with Crippen LogP contribution in [0.15, 0.2) is 18.2 Å². The highest BCUT2D eigenvalue weighted by molar-refractivity contribution is 6.32. The number of aliphatic carboxylic acids is 1. The molecule has 1 heterocycles. The van der Waals surface area contributed by atoms with Crippen molar-refractivity contribution in [3.8, 4) is 0 Å². The molecule has 1 aliphatic carbocycles. The van der Waals surface area contributed by atoms with E-state index in [4.69, 9.17) is 21.4 Å². The van der Waals surface area contributed by atoms with Crippen LogP contribution in [0, 0.1) is 0 Å². The smallest absolute Gasteiger partial charge is 0.416 e. The van der Waals surface area contributed by atoms with Crippen LogP contribution in [0.1, 0.15) is 24.0 Å². The number of carbonyl (C=O) groups is 2. The van der Waals surface area contributed by atoms with Gasteiger partial charge in [0.05, 0.1) is 24.1 Å².